The molecule has 2 heterocycles. The van der Waals surface area contributed by atoms with Gasteiger partial charge in [-0.25, -0.2) is 4.79 Å². The number of alkyl halides is 3. The zero-order chi connectivity index (χ0) is 24.2. The first kappa shape index (κ1) is 24.1. The summed E-state index contributed by atoms with van der Waals surface area (Å²) in [5.74, 6) is -0.796. The Morgan fingerprint density at radius 2 is 1.85 bits per heavy atom. The van der Waals surface area contributed by atoms with E-state index in [2.05, 4.69) is 5.32 Å². The van der Waals surface area contributed by atoms with Gasteiger partial charge in [0.15, 0.2) is 0 Å². The number of hydrogen-bond donors (Lipinski definition) is 1. The van der Waals surface area contributed by atoms with Crippen molar-refractivity contribution in [3.63, 3.8) is 0 Å². The van der Waals surface area contributed by atoms with Gasteiger partial charge in [0.1, 0.15) is 22.7 Å². The third kappa shape index (κ3) is 5.61. The van der Waals surface area contributed by atoms with Gasteiger partial charge in [-0.1, -0.05) is 0 Å². The molecule has 0 unspecified atom stereocenters. The Hall–Kier alpha value is -3.60. The highest BCUT2D eigenvalue weighted by Crippen LogP contribution is 2.36. The Morgan fingerprint density at radius 3 is 2.45 bits per heavy atom. The number of benzene rings is 1. The van der Waals surface area contributed by atoms with Crippen molar-refractivity contribution in [3.05, 3.63) is 69.5 Å². The Balaban J connectivity index is 1.89. The summed E-state index contributed by atoms with van der Waals surface area (Å²) in [5.41, 5.74) is -1.83. The van der Waals surface area contributed by atoms with E-state index in [0.29, 0.717) is 21.3 Å². The maximum Gasteiger partial charge on any atom is 0.421 e. The third-order valence-corrected chi connectivity index (χ3v) is 5.65. The fourth-order valence-electron chi connectivity index (χ4n) is 2.95. The summed E-state index contributed by atoms with van der Waals surface area (Å²) in [5, 5.41) is 2.50. The molecule has 174 valence electrons. The highest BCUT2D eigenvalue weighted by Gasteiger charge is 2.34. The van der Waals surface area contributed by atoms with Crippen LogP contribution in [0, 0.1) is 0 Å². The quantitative estimate of drug-likeness (QED) is 0.506. The van der Waals surface area contributed by atoms with Crippen LogP contribution in [0.5, 0.6) is 5.75 Å². The lowest BCUT2D eigenvalue weighted by Gasteiger charge is -2.11. The SMILES string of the molecule is CCOC(=O)c1sc(-c2ccc(OC)cc2)cc1NC(=O)Cn1cccc(C(F)(F)F)c1=O. The number of carbonyl (C=O) groups excluding carboxylic acids is 2. The lowest BCUT2D eigenvalue weighted by Crippen LogP contribution is -2.32. The summed E-state index contributed by atoms with van der Waals surface area (Å²) in [4.78, 5) is 37.8. The lowest BCUT2D eigenvalue weighted by atomic mass is 10.2. The Kier molecular flexibility index (Phi) is 7.22. The van der Waals surface area contributed by atoms with Gasteiger partial charge in [0.25, 0.3) is 5.56 Å². The van der Waals surface area contributed by atoms with Gasteiger partial charge in [-0.15, -0.1) is 11.3 Å². The number of nitrogens with zero attached hydrogens (tertiary/aromatic N) is 1. The van der Waals surface area contributed by atoms with Gasteiger partial charge in [-0.3, -0.25) is 9.59 Å². The minimum absolute atomic E-state index is 0.113. The fraction of sp³-hybridized carbons (Fsp3) is 0.227. The monoisotopic (exact) mass is 480 g/mol. The predicted molar refractivity (Wildman–Crippen MR) is 117 cm³/mol. The summed E-state index contributed by atoms with van der Waals surface area (Å²) in [6.07, 6.45) is -3.76. The molecule has 7 nitrogen and oxygen atoms in total. The van der Waals surface area contributed by atoms with Crippen molar-refractivity contribution in [1.82, 2.24) is 4.57 Å². The molecular formula is C22H19F3N2O5S. The van der Waals surface area contributed by atoms with Crippen LogP contribution in [0.15, 0.2) is 53.5 Å². The average Bonchev–Trinajstić information content (AvgIpc) is 3.18. The minimum Gasteiger partial charge on any atom is -0.497 e. The van der Waals surface area contributed by atoms with Gasteiger partial charge in [-0.05, 0) is 55.0 Å². The maximum atomic E-state index is 13.0. The first-order chi connectivity index (χ1) is 15.6. The molecule has 0 atom stereocenters. The zero-order valence-corrected chi connectivity index (χ0v) is 18.4. The molecule has 0 spiro atoms. The first-order valence-corrected chi connectivity index (χ1v) is 10.5. The lowest BCUT2D eigenvalue weighted by molar-refractivity contribution is -0.139. The van der Waals surface area contributed by atoms with Crippen LogP contribution in [0.2, 0.25) is 0 Å². The number of esters is 1. The third-order valence-electron chi connectivity index (χ3n) is 4.48. The fourth-order valence-corrected chi connectivity index (χ4v) is 3.96. The Morgan fingerprint density at radius 1 is 1.15 bits per heavy atom. The molecule has 0 aliphatic carbocycles. The number of nitrogens with one attached hydrogen (secondary N) is 1. The average molecular weight is 480 g/mol. The molecule has 33 heavy (non-hydrogen) atoms. The molecule has 0 saturated carbocycles. The first-order valence-electron chi connectivity index (χ1n) is 9.66. The molecule has 0 bridgehead atoms. The standard InChI is InChI=1S/C22H19F3N2O5S/c1-3-32-21(30)19-16(11-17(33-19)13-6-8-14(31-2)9-7-13)26-18(28)12-27-10-4-5-15(20(27)29)22(23,24)25/h4-11H,3,12H2,1-2H3,(H,26,28). The molecular weight excluding hydrogens is 461 g/mol. The minimum atomic E-state index is -4.84. The summed E-state index contributed by atoms with van der Waals surface area (Å²) in [6, 6.07) is 10.3. The topological polar surface area (TPSA) is 86.6 Å². The van der Waals surface area contributed by atoms with Crippen LogP contribution in [-0.2, 0) is 22.3 Å². The number of hydrogen-bond acceptors (Lipinski definition) is 6. The smallest absolute Gasteiger partial charge is 0.421 e. The van der Waals surface area contributed by atoms with E-state index in [1.165, 1.54) is 7.11 Å². The van der Waals surface area contributed by atoms with E-state index < -0.39 is 35.7 Å². The molecule has 1 aromatic carbocycles. The van der Waals surface area contributed by atoms with Gasteiger partial charge in [0.05, 0.1) is 19.4 Å². The molecule has 0 aliphatic rings. The Labute approximate surface area is 190 Å². The summed E-state index contributed by atoms with van der Waals surface area (Å²) >= 11 is 1.08. The highest BCUT2D eigenvalue weighted by atomic mass is 32.1. The summed E-state index contributed by atoms with van der Waals surface area (Å²) in [7, 11) is 1.53. The number of amides is 1. The number of pyridine rings is 1. The number of halogens is 3. The van der Waals surface area contributed by atoms with Crippen LogP contribution < -0.4 is 15.6 Å². The van der Waals surface area contributed by atoms with Crippen LogP contribution in [0.1, 0.15) is 22.2 Å². The van der Waals surface area contributed by atoms with Crippen LogP contribution in [0.4, 0.5) is 18.9 Å². The number of rotatable bonds is 7. The number of anilines is 1. The largest absolute Gasteiger partial charge is 0.497 e. The second-order valence-corrected chi connectivity index (χ2v) is 7.76. The van der Waals surface area contributed by atoms with E-state index >= 15 is 0 Å². The van der Waals surface area contributed by atoms with E-state index in [0.717, 1.165) is 29.2 Å². The van der Waals surface area contributed by atoms with E-state index in [1.807, 2.05) is 0 Å². The van der Waals surface area contributed by atoms with Gasteiger partial charge < -0.3 is 19.4 Å². The van der Waals surface area contributed by atoms with Crippen molar-refractivity contribution in [2.45, 2.75) is 19.6 Å². The number of carbonyl (C=O) groups is 2. The van der Waals surface area contributed by atoms with Crippen LogP contribution in [0.3, 0.4) is 0 Å². The molecule has 11 heteroatoms. The van der Waals surface area contributed by atoms with E-state index in [1.54, 1.807) is 37.3 Å². The van der Waals surface area contributed by atoms with E-state index in [4.69, 9.17) is 9.47 Å². The number of ether oxygens (including phenoxy) is 2. The normalized spacial score (nSPS) is 11.2. The van der Waals surface area contributed by atoms with Crippen LogP contribution in [0.25, 0.3) is 10.4 Å². The molecule has 3 rings (SSSR count). The maximum absolute atomic E-state index is 13.0. The second-order valence-electron chi connectivity index (χ2n) is 6.70. The van der Waals surface area contributed by atoms with Gasteiger partial charge >= 0.3 is 12.1 Å². The van der Waals surface area contributed by atoms with Gasteiger partial charge in [0.2, 0.25) is 5.91 Å². The molecule has 1 N–H and O–H groups in total. The number of aromatic nitrogens is 1. The number of methoxy groups -OCH3 is 1. The number of thiophene rings is 1. The molecule has 2 aromatic heterocycles. The van der Waals surface area contributed by atoms with Crippen molar-refractivity contribution in [1.29, 1.82) is 0 Å². The summed E-state index contributed by atoms with van der Waals surface area (Å²) < 4.78 is 49.7. The molecule has 1 amide bonds. The van der Waals surface area contributed by atoms with Crippen molar-refractivity contribution >= 4 is 28.9 Å². The van der Waals surface area contributed by atoms with Crippen LogP contribution >= 0.6 is 11.3 Å². The highest BCUT2D eigenvalue weighted by molar-refractivity contribution is 7.18. The zero-order valence-electron chi connectivity index (χ0n) is 17.6. The van der Waals surface area contributed by atoms with Crippen molar-refractivity contribution in [2.24, 2.45) is 0 Å². The molecule has 0 radical (unpaired) electrons. The Bertz CT molecular complexity index is 1220. The van der Waals surface area contributed by atoms with Crippen molar-refractivity contribution in [2.75, 3.05) is 19.0 Å². The van der Waals surface area contributed by atoms with E-state index in [9.17, 15) is 27.6 Å². The molecule has 0 saturated heterocycles. The van der Waals surface area contributed by atoms with Crippen molar-refractivity contribution in [3.8, 4) is 16.2 Å². The predicted octanol–water partition coefficient (Wildman–Crippen LogP) is 4.42. The van der Waals surface area contributed by atoms with Gasteiger partial charge in [0, 0.05) is 11.1 Å². The molecule has 0 fully saturated rings. The van der Waals surface area contributed by atoms with Crippen LogP contribution in [-0.4, -0.2) is 30.2 Å². The summed E-state index contributed by atoms with van der Waals surface area (Å²) in [6.45, 7) is 1.08. The van der Waals surface area contributed by atoms with E-state index in [-0.39, 0.29) is 17.2 Å². The molecule has 0 aliphatic heterocycles. The molecule has 3 aromatic rings. The van der Waals surface area contributed by atoms with Crippen molar-refractivity contribution < 1.29 is 32.2 Å². The van der Waals surface area contributed by atoms with Gasteiger partial charge in [-0.2, -0.15) is 13.2 Å². The second kappa shape index (κ2) is 9.90.